The Bertz CT molecular complexity index is 553. The van der Waals surface area contributed by atoms with E-state index >= 15 is 0 Å². The molecule has 1 saturated heterocycles. The third kappa shape index (κ3) is 4.10. The summed E-state index contributed by atoms with van der Waals surface area (Å²) < 4.78 is 0. The molecule has 23 heavy (non-hydrogen) atoms. The van der Waals surface area contributed by atoms with Crippen LogP contribution >= 0.6 is 0 Å². The Labute approximate surface area is 137 Å². The van der Waals surface area contributed by atoms with Crippen molar-refractivity contribution >= 4 is 11.8 Å². The van der Waals surface area contributed by atoms with Gasteiger partial charge in [-0.15, -0.1) is 0 Å². The fraction of sp³-hybridized carbons (Fsp3) is 0.556. The van der Waals surface area contributed by atoms with Gasteiger partial charge in [0, 0.05) is 12.5 Å². The average molecular weight is 315 g/mol. The zero-order valence-electron chi connectivity index (χ0n) is 13.4. The molecule has 1 aliphatic heterocycles. The number of amides is 2. The molecule has 2 aliphatic rings. The van der Waals surface area contributed by atoms with E-state index in [1.165, 1.54) is 5.56 Å². The molecule has 2 amide bonds. The number of piperidine rings is 1. The zero-order chi connectivity index (χ0) is 16.1. The molecule has 1 saturated carbocycles. The lowest BCUT2D eigenvalue weighted by Crippen LogP contribution is -2.39. The van der Waals surface area contributed by atoms with Crippen molar-refractivity contribution in [2.75, 3.05) is 26.2 Å². The lowest BCUT2D eigenvalue weighted by atomic mass is 9.92. The summed E-state index contributed by atoms with van der Waals surface area (Å²) >= 11 is 0. The van der Waals surface area contributed by atoms with E-state index in [1.807, 2.05) is 30.3 Å². The fourth-order valence-electron chi connectivity index (χ4n) is 3.54. The van der Waals surface area contributed by atoms with E-state index < -0.39 is 0 Å². The maximum Gasteiger partial charge on any atom is 0.239 e. The first-order chi connectivity index (χ1) is 11.2. The van der Waals surface area contributed by atoms with Crippen LogP contribution in [0.4, 0.5) is 0 Å². The highest BCUT2D eigenvalue weighted by atomic mass is 16.2. The first-order valence-electron chi connectivity index (χ1n) is 8.49. The van der Waals surface area contributed by atoms with E-state index in [2.05, 4.69) is 16.0 Å². The summed E-state index contributed by atoms with van der Waals surface area (Å²) in [6, 6.07) is 10.0. The molecule has 5 nitrogen and oxygen atoms in total. The summed E-state index contributed by atoms with van der Waals surface area (Å²) in [5, 5.41) is 8.98. The molecule has 2 fully saturated rings. The highest BCUT2D eigenvalue weighted by Gasteiger charge is 2.57. The van der Waals surface area contributed by atoms with Crippen LogP contribution in [0.1, 0.15) is 24.8 Å². The van der Waals surface area contributed by atoms with Crippen molar-refractivity contribution in [2.24, 2.45) is 11.3 Å². The number of rotatable bonds is 6. The van der Waals surface area contributed by atoms with Crippen molar-refractivity contribution in [3.05, 3.63) is 35.9 Å². The van der Waals surface area contributed by atoms with E-state index in [9.17, 15) is 9.59 Å². The quantitative estimate of drug-likeness (QED) is 0.729. The van der Waals surface area contributed by atoms with Crippen molar-refractivity contribution in [3.8, 4) is 0 Å². The van der Waals surface area contributed by atoms with Crippen LogP contribution in [0, 0.1) is 11.3 Å². The van der Waals surface area contributed by atoms with Crippen LogP contribution in [0.2, 0.25) is 0 Å². The summed E-state index contributed by atoms with van der Waals surface area (Å²) in [5.41, 5.74) is 1.42. The molecular formula is C18H25N3O2. The number of hydrogen-bond acceptors (Lipinski definition) is 3. The van der Waals surface area contributed by atoms with E-state index in [1.54, 1.807) is 0 Å². The molecule has 0 aromatic heterocycles. The van der Waals surface area contributed by atoms with Crippen molar-refractivity contribution < 1.29 is 9.59 Å². The lowest BCUT2D eigenvalue weighted by Gasteiger charge is -2.23. The average Bonchev–Trinajstić information content (AvgIpc) is 3.27. The molecule has 1 aromatic carbocycles. The second-order valence-electron chi connectivity index (χ2n) is 6.67. The van der Waals surface area contributed by atoms with Crippen LogP contribution in [-0.2, 0) is 16.0 Å². The van der Waals surface area contributed by atoms with Gasteiger partial charge in [0.05, 0.1) is 6.54 Å². The Morgan fingerprint density at radius 3 is 2.61 bits per heavy atom. The first-order valence-corrected chi connectivity index (χ1v) is 8.49. The summed E-state index contributed by atoms with van der Waals surface area (Å²) in [4.78, 5) is 24.0. The highest BCUT2D eigenvalue weighted by Crippen LogP contribution is 2.58. The van der Waals surface area contributed by atoms with Crippen LogP contribution in [0.3, 0.4) is 0 Å². The molecule has 1 spiro atoms. The predicted octanol–water partition coefficient (Wildman–Crippen LogP) is 0.851. The van der Waals surface area contributed by atoms with Gasteiger partial charge in [-0.05, 0) is 49.8 Å². The van der Waals surface area contributed by atoms with Crippen molar-refractivity contribution in [2.45, 2.75) is 25.7 Å². The standard InChI is InChI=1S/C18H25N3O2/c22-16(20-9-6-14-4-2-1-3-5-14)13-21-17(23)15-12-18(15)7-10-19-11-8-18/h1-5,15,19H,6-13H2,(H,20,22)(H,21,23). The predicted molar refractivity (Wildman–Crippen MR) is 88.8 cm³/mol. The van der Waals surface area contributed by atoms with Gasteiger partial charge in [0.2, 0.25) is 11.8 Å². The minimum Gasteiger partial charge on any atom is -0.354 e. The van der Waals surface area contributed by atoms with Crippen LogP contribution in [0.5, 0.6) is 0 Å². The van der Waals surface area contributed by atoms with Crippen LogP contribution in [0.25, 0.3) is 0 Å². The van der Waals surface area contributed by atoms with Crippen molar-refractivity contribution in [1.29, 1.82) is 0 Å². The van der Waals surface area contributed by atoms with Crippen LogP contribution < -0.4 is 16.0 Å². The molecule has 124 valence electrons. The van der Waals surface area contributed by atoms with Gasteiger partial charge in [0.15, 0.2) is 0 Å². The van der Waals surface area contributed by atoms with Crippen molar-refractivity contribution in [1.82, 2.24) is 16.0 Å². The van der Waals surface area contributed by atoms with E-state index in [-0.39, 0.29) is 29.7 Å². The minimum absolute atomic E-state index is 0.0464. The summed E-state index contributed by atoms with van der Waals surface area (Å²) in [7, 11) is 0. The monoisotopic (exact) mass is 315 g/mol. The van der Waals surface area contributed by atoms with Crippen molar-refractivity contribution in [3.63, 3.8) is 0 Å². The Balaban J connectivity index is 1.32. The van der Waals surface area contributed by atoms with Gasteiger partial charge in [-0.25, -0.2) is 0 Å². The number of carbonyl (C=O) groups is 2. The van der Waals surface area contributed by atoms with Gasteiger partial charge >= 0.3 is 0 Å². The zero-order valence-corrected chi connectivity index (χ0v) is 13.4. The van der Waals surface area contributed by atoms with Gasteiger partial charge < -0.3 is 16.0 Å². The number of carbonyl (C=O) groups excluding carboxylic acids is 2. The van der Waals surface area contributed by atoms with Gasteiger partial charge in [-0.1, -0.05) is 30.3 Å². The molecule has 1 atom stereocenters. The number of hydrogen-bond donors (Lipinski definition) is 3. The Kier molecular flexibility index (Phi) is 4.96. The Morgan fingerprint density at radius 2 is 1.87 bits per heavy atom. The van der Waals surface area contributed by atoms with Crippen LogP contribution in [0.15, 0.2) is 30.3 Å². The maximum atomic E-state index is 12.2. The first kappa shape index (κ1) is 16.0. The molecule has 1 aliphatic carbocycles. The second-order valence-corrected chi connectivity index (χ2v) is 6.67. The summed E-state index contributed by atoms with van der Waals surface area (Å²) in [6.45, 7) is 2.68. The minimum atomic E-state index is -0.116. The second kappa shape index (κ2) is 7.13. The third-order valence-corrected chi connectivity index (χ3v) is 5.11. The fourth-order valence-corrected chi connectivity index (χ4v) is 3.54. The SMILES string of the molecule is O=C(CNC(=O)C1CC12CCNCC2)NCCc1ccccc1. The lowest BCUT2D eigenvalue weighted by molar-refractivity contribution is -0.127. The highest BCUT2D eigenvalue weighted by molar-refractivity contribution is 5.87. The van der Waals surface area contributed by atoms with Gasteiger partial charge in [-0.3, -0.25) is 9.59 Å². The number of nitrogens with one attached hydrogen (secondary N) is 3. The summed E-state index contributed by atoms with van der Waals surface area (Å²) in [6.07, 6.45) is 3.94. The molecular weight excluding hydrogens is 290 g/mol. The summed E-state index contributed by atoms with van der Waals surface area (Å²) in [5.74, 6) is 0.0427. The maximum absolute atomic E-state index is 12.2. The number of benzene rings is 1. The Hall–Kier alpha value is -1.88. The molecule has 3 N–H and O–H groups in total. The van der Waals surface area contributed by atoms with E-state index in [4.69, 9.17) is 0 Å². The largest absolute Gasteiger partial charge is 0.354 e. The molecule has 0 radical (unpaired) electrons. The van der Waals surface area contributed by atoms with Crippen LogP contribution in [-0.4, -0.2) is 38.0 Å². The smallest absolute Gasteiger partial charge is 0.239 e. The third-order valence-electron chi connectivity index (χ3n) is 5.11. The Morgan fingerprint density at radius 1 is 1.13 bits per heavy atom. The topological polar surface area (TPSA) is 70.2 Å². The molecule has 5 heteroatoms. The molecule has 1 unspecified atom stereocenters. The molecule has 0 bridgehead atoms. The molecule has 1 aromatic rings. The van der Waals surface area contributed by atoms with Gasteiger partial charge in [0.1, 0.15) is 0 Å². The molecule has 3 rings (SSSR count). The normalized spacial score (nSPS) is 21.7. The molecule has 1 heterocycles. The van der Waals surface area contributed by atoms with Gasteiger partial charge in [0.25, 0.3) is 0 Å². The van der Waals surface area contributed by atoms with Gasteiger partial charge in [-0.2, -0.15) is 0 Å². The van der Waals surface area contributed by atoms with E-state index in [0.29, 0.717) is 6.54 Å². The van der Waals surface area contributed by atoms with E-state index in [0.717, 1.165) is 38.8 Å².